The van der Waals surface area contributed by atoms with Crippen molar-refractivity contribution in [3.63, 3.8) is 0 Å². The second-order valence-electron chi connectivity index (χ2n) is 6.95. The van der Waals surface area contributed by atoms with E-state index >= 15 is 0 Å². The van der Waals surface area contributed by atoms with Crippen molar-refractivity contribution in [3.8, 4) is 5.75 Å². The first-order valence-electron chi connectivity index (χ1n) is 9.09. The summed E-state index contributed by atoms with van der Waals surface area (Å²) >= 11 is 0. The molecule has 3 aliphatic rings. The fourth-order valence-electron chi connectivity index (χ4n) is 3.72. The Morgan fingerprint density at radius 2 is 2.04 bits per heavy atom. The highest BCUT2D eigenvalue weighted by Crippen LogP contribution is 2.36. The fourth-order valence-corrected chi connectivity index (χ4v) is 3.72. The van der Waals surface area contributed by atoms with Gasteiger partial charge in [0, 0.05) is 12.6 Å². The van der Waals surface area contributed by atoms with Crippen LogP contribution in [0.1, 0.15) is 25.3 Å². The van der Waals surface area contributed by atoms with Crippen LogP contribution in [0.4, 0.5) is 0 Å². The maximum atomic E-state index is 11.3. The van der Waals surface area contributed by atoms with Gasteiger partial charge in [-0.15, -0.1) is 0 Å². The summed E-state index contributed by atoms with van der Waals surface area (Å²) < 4.78 is 10.7. The third-order valence-corrected chi connectivity index (χ3v) is 5.15. The first-order chi connectivity index (χ1) is 12.1. The van der Waals surface area contributed by atoms with E-state index in [0.29, 0.717) is 32.1 Å². The molecule has 3 aliphatic heterocycles. The normalized spacial score (nSPS) is 28.2. The molecule has 0 spiro atoms. The molecule has 1 unspecified atom stereocenters. The van der Waals surface area contributed by atoms with E-state index in [9.17, 15) is 9.90 Å². The van der Waals surface area contributed by atoms with Gasteiger partial charge in [-0.05, 0) is 62.9 Å². The van der Waals surface area contributed by atoms with Gasteiger partial charge in [-0.3, -0.25) is 0 Å². The summed E-state index contributed by atoms with van der Waals surface area (Å²) in [6.07, 6.45) is 6.04. The van der Waals surface area contributed by atoms with Crippen molar-refractivity contribution in [3.05, 3.63) is 42.0 Å². The van der Waals surface area contributed by atoms with Crippen molar-refractivity contribution in [2.45, 2.75) is 31.8 Å². The van der Waals surface area contributed by atoms with Gasteiger partial charge in [0.05, 0.1) is 6.61 Å². The predicted octanol–water partition coefficient (Wildman–Crippen LogP) is 2.18. The van der Waals surface area contributed by atoms with Crippen LogP contribution in [-0.2, 0) is 16.0 Å². The first-order valence-corrected chi connectivity index (χ1v) is 9.09. The van der Waals surface area contributed by atoms with Gasteiger partial charge < -0.3 is 19.5 Å². The van der Waals surface area contributed by atoms with E-state index in [0.717, 1.165) is 37.2 Å². The van der Waals surface area contributed by atoms with Gasteiger partial charge in [-0.2, -0.15) is 0 Å². The Balaban J connectivity index is 1.49. The van der Waals surface area contributed by atoms with Crippen molar-refractivity contribution in [1.29, 1.82) is 0 Å². The zero-order valence-corrected chi connectivity index (χ0v) is 14.8. The lowest BCUT2D eigenvalue weighted by Crippen LogP contribution is -2.61. The zero-order chi connectivity index (χ0) is 17.7. The van der Waals surface area contributed by atoms with E-state index in [-0.39, 0.29) is 5.97 Å². The minimum Gasteiger partial charge on any atom is -0.491 e. The number of aliphatic hydroxyl groups is 1. The molecule has 3 heterocycles. The molecule has 0 aliphatic carbocycles. The van der Waals surface area contributed by atoms with Crippen LogP contribution in [0.2, 0.25) is 0 Å². The standard InChI is InChI=1S/C20H27NO4/c1-2-24-19(22)5-3-4-16-6-8-18(9-7-16)25-15-20(23)14-21-12-10-17(20)11-13-21/h3,5-9,17,23H,2,4,10-15H2,1H3/b5-3+. The van der Waals surface area contributed by atoms with Gasteiger partial charge in [0.15, 0.2) is 0 Å². The number of hydrogen-bond acceptors (Lipinski definition) is 5. The minimum absolute atomic E-state index is 0.312. The summed E-state index contributed by atoms with van der Waals surface area (Å²) in [5.41, 5.74) is 0.367. The van der Waals surface area contributed by atoms with Crippen LogP contribution < -0.4 is 4.74 Å². The molecule has 5 nitrogen and oxygen atoms in total. The van der Waals surface area contributed by atoms with Gasteiger partial charge in [0.2, 0.25) is 0 Å². The minimum atomic E-state index is -0.725. The molecule has 1 aromatic rings. The molecular weight excluding hydrogens is 318 g/mol. The number of carbonyl (C=O) groups is 1. The number of allylic oxidation sites excluding steroid dienone is 1. The second kappa shape index (κ2) is 8.02. The number of carbonyl (C=O) groups excluding carboxylic acids is 1. The van der Waals surface area contributed by atoms with Crippen LogP contribution in [0.25, 0.3) is 0 Å². The Bertz CT molecular complexity index is 605. The highest BCUT2D eigenvalue weighted by Gasteiger charge is 2.45. The summed E-state index contributed by atoms with van der Waals surface area (Å²) in [4.78, 5) is 13.6. The molecule has 3 saturated heterocycles. The third-order valence-electron chi connectivity index (χ3n) is 5.15. The molecule has 2 bridgehead atoms. The van der Waals surface area contributed by atoms with Crippen molar-refractivity contribution in [2.75, 3.05) is 32.8 Å². The number of piperidine rings is 3. The Labute approximate surface area is 149 Å². The maximum Gasteiger partial charge on any atom is 0.330 e. The molecule has 1 atom stereocenters. The Kier molecular flexibility index (Phi) is 5.76. The molecule has 1 N–H and O–H groups in total. The molecule has 5 heteroatoms. The number of ether oxygens (including phenoxy) is 2. The third kappa shape index (κ3) is 4.61. The van der Waals surface area contributed by atoms with Crippen LogP contribution in [0, 0.1) is 5.92 Å². The highest BCUT2D eigenvalue weighted by molar-refractivity contribution is 5.81. The lowest BCUT2D eigenvalue weighted by atomic mass is 9.76. The summed E-state index contributed by atoms with van der Waals surface area (Å²) in [7, 11) is 0. The maximum absolute atomic E-state index is 11.3. The van der Waals surface area contributed by atoms with E-state index in [1.165, 1.54) is 6.08 Å². The number of rotatable bonds is 7. The lowest BCUT2D eigenvalue weighted by Gasteiger charge is -2.50. The van der Waals surface area contributed by atoms with Gasteiger partial charge >= 0.3 is 5.97 Å². The van der Waals surface area contributed by atoms with Crippen LogP contribution in [-0.4, -0.2) is 54.4 Å². The van der Waals surface area contributed by atoms with E-state index in [1.807, 2.05) is 24.3 Å². The van der Waals surface area contributed by atoms with Gasteiger partial charge in [-0.1, -0.05) is 18.2 Å². The second-order valence-corrected chi connectivity index (χ2v) is 6.95. The summed E-state index contributed by atoms with van der Waals surface area (Å²) in [5, 5.41) is 10.9. The predicted molar refractivity (Wildman–Crippen MR) is 95.5 cm³/mol. The summed E-state index contributed by atoms with van der Waals surface area (Å²) in [5.74, 6) is 0.806. The topological polar surface area (TPSA) is 59.0 Å². The average Bonchev–Trinajstić information content (AvgIpc) is 2.62. The molecule has 4 rings (SSSR count). The molecule has 3 fully saturated rings. The molecule has 0 amide bonds. The van der Waals surface area contributed by atoms with E-state index in [4.69, 9.17) is 9.47 Å². The van der Waals surface area contributed by atoms with Crippen molar-refractivity contribution in [2.24, 2.45) is 5.92 Å². The zero-order valence-electron chi connectivity index (χ0n) is 14.8. The molecule has 0 aromatic heterocycles. The molecule has 1 aromatic carbocycles. The van der Waals surface area contributed by atoms with Crippen LogP contribution >= 0.6 is 0 Å². The smallest absolute Gasteiger partial charge is 0.330 e. The van der Waals surface area contributed by atoms with Gasteiger partial charge in [0.1, 0.15) is 18.0 Å². The van der Waals surface area contributed by atoms with Crippen molar-refractivity contribution >= 4 is 5.97 Å². The Morgan fingerprint density at radius 1 is 1.32 bits per heavy atom. The van der Waals surface area contributed by atoms with Crippen LogP contribution in [0.5, 0.6) is 5.75 Å². The first kappa shape index (κ1) is 18.0. The number of esters is 1. The molecular formula is C20H27NO4. The number of benzene rings is 1. The van der Waals surface area contributed by atoms with Gasteiger partial charge in [-0.25, -0.2) is 4.79 Å². The largest absolute Gasteiger partial charge is 0.491 e. The molecule has 0 saturated carbocycles. The van der Waals surface area contributed by atoms with Crippen molar-refractivity contribution in [1.82, 2.24) is 4.90 Å². The quantitative estimate of drug-likeness (QED) is 0.606. The lowest BCUT2D eigenvalue weighted by molar-refractivity contribution is -0.137. The van der Waals surface area contributed by atoms with E-state index in [2.05, 4.69) is 4.90 Å². The SMILES string of the molecule is CCOC(=O)/C=C/Cc1ccc(OCC2(O)CN3CCC2CC3)cc1. The monoisotopic (exact) mass is 345 g/mol. The van der Waals surface area contributed by atoms with E-state index in [1.54, 1.807) is 13.0 Å². The van der Waals surface area contributed by atoms with Crippen LogP contribution in [0.15, 0.2) is 36.4 Å². The van der Waals surface area contributed by atoms with E-state index < -0.39 is 5.60 Å². The van der Waals surface area contributed by atoms with Crippen molar-refractivity contribution < 1.29 is 19.4 Å². The molecule has 0 radical (unpaired) electrons. The number of fused-ring (bicyclic) bond motifs is 3. The molecule has 25 heavy (non-hydrogen) atoms. The molecule has 136 valence electrons. The fraction of sp³-hybridized carbons (Fsp3) is 0.550. The van der Waals surface area contributed by atoms with Gasteiger partial charge in [0.25, 0.3) is 0 Å². The number of hydrogen-bond donors (Lipinski definition) is 1. The number of nitrogens with zero attached hydrogens (tertiary/aromatic N) is 1. The Morgan fingerprint density at radius 3 is 2.64 bits per heavy atom. The van der Waals surface area contributed by atoms with Crippen LogP contribution in [0.3, 0.4) is 0 Å². The Hall–Kier alpha value is -1.85. The average molecular weight is 345 g/mol. The highest BCUT2D eigenvalue weighted by atomic mass is 16.5. The summed E-state index contributed by atoms with van der Waals surface area (Å²) in [6.45, 7) is 5.43. The summed E-state index contributed by atoms with van der Waals surface area (Å²) in [6, 6.07) is 7.79.